The molecule has 0 spiro atoms. The van der Waals surface area contributed by atoms with Gasteiger partial charge in [-0.2, -0.15) is 0 Å². The second kappa shape index (κ2) is 4.59. The number of rotatable bonds is 1. The number of H-pyrrole nitrogens is 1. The van der Waals surface area contributed by atoms with Gasteiger partial charge in [-0.05, 0) is 48.9 Å². The van der Waals surface area contributed by atoms with Crippen LogP contribution in [-0.4, -0.2) is 15.5 Å². The minimum absolute atomic E-state index is 0.221. The van der Waals surface area contributed by atoms with E-state index in [1.807, 2.05) is 6.92 Å². The Bertz CT molecular complexity index is 907. The highest BCUT2D eigenvalue weighted by atomic mass is 19.1. The molecule has 3 N–H and O–H groups in total. The number of aryl methyl sites for hydroxylation is 1. The molecule has 0 atom stereocenters. The molecule has 0 aliphatic rings. The van der Waals surface area contributed by atoms with Gasteiger partial charge in [-0.15, -0.1) is 0 Å². The highest BCUT2D eigenvalue weighted by molar-refractivity contribution is 6.01. The number of nitrogens with one attached hydrogen (secondary N) is 1. The van der Waals surface area contributed by atoms with Crippen molar-refractivity contribution in [1.82, 2.24) is 9.55 Å². The van der Waals surface area contributed by atoms with E-state index in [1.165, 1.54) is 24.3 Å². The Morgan fingerprint density at radius 3 is 2.57 bits per heavy atom. The Morgan fingerprint density at radius 1 is 1.24 bits per heavy atom. The number of aromatic amines is 1. The zero-order chi connectivity index (χ0) is 15.1. The van der Waals surface area contributed by atoms with Crippen molar-refractivity contribution in [3.63, 3.8) is 0 Å². The highest BCUT2D eigenvalue weighted by Gasteiger charge is 2.16. The normalized spacial score (nSPS) is 11.0. The van der Waals surface area contributed by atoms with Crippen molar-refractivity contribution in [2.75, 3.05) is 5.73 Å². The number of nitrogens with zero attached hydrogens (tertiary/aromatic N) is 1. The molecule has 1 heterocycles. The second-order valence-electron chi connectivity index (χ2n) is 4.80. The van der Waals surface area contributed by atoms with Crippen LogP contribution in [0, 0.1) is 12.7 Å². The van der Waals surface area contributed by atoms with Gasteiger partial charge in [0.15, 0.2) is 0 Å². The third-order valence-corrected chi connectivity index (χ3v) is 3.36. The molecule has 21 heavy (non-hydrogen) atoms. The van der Waals surface area contributed by atoms with Crippen LogP contribution in [0.3, 0.4) is 0 Å². The van der Waals surface area contributed by atoms with Crippen LogP contribution in [0.5, 0.6) is 0 Å². The van der Waals surface area contributed by atoms with Gasteiger partial charge in [0, 0.05) is 11.3 Å². The molecule has 106 valence electrons. The van der Waals surface area contributed by atoms with Gasteiger partial charge in [-0.1, -0.05) is 0 Å². The molecular formula is C15H12FN3O2. The lowest BCUT2D eigenvalue weighted by molar-refractivity contribution is 0.0961. The molecule has 3 rings (SSSR count). The first-order valence-electron chi connectivity index (χ1n) is 6.28. The first-order chi connectivity index (χ1) is 9.97. The smallest absolute Gasteiger partial charge is 0.333 e. The van der Waals surface area contributed by atoms with Crippen LogP contribution < -0.4 is 11.4 Å². The Hall–Kier alpha value is -2.89. The Kier molecular flexibility index (Phi) is 2.86. The summed E-state index contributed by atoms with van der Waals surface area (Å²) in [4.78, 5) is 27.1. The quantitative estimate of drug-likeness (QED) is 0.671. The number of hydrogen-bond acceptors (Lipinski definition) is 3. The molecule has 0 saturated carbocycles. The van der Waals surface area contributed by atoms with E-state index in [-0.39, 0.29) is 5.56 Å². The number of imidazole rings is 1. The maximum atomic E-state index is 12.9. The van der Waals surface area contributed by atoms with Crippen molar-refractivity contribution in [1.29, 1.82) is 0 Å². The molecule has 0 aliphatic heterocycles. The van der Waals surface area contributed by atoms with Crippen LogP contribution in [0.2, 0.25) is 0 Å². The van der Waals surface area contributed by atoms with Gasteiger partial charge in [0.2, 0.25) is 0 Å². The fraction of sp³-hybridized carbons (Fsp3) is 0.0667. The van der Waals surface area contributed by atoms with E-state index < -0.39 is 17.4 Å². The molecule has 0 amide bonds. The van der Waals surface area contributed by atoms with Crippen molar-refractivity contribution >= 4 is 22.6 Å². The summed E-state index contributed by atoms with van der Waals surface area (Å²) in [5.41, 5.74) is 7.73. The van der Waals surface area contributed by atoms with Gasteiger partial charge in [-0.25, -0.2) is 13.8 Å². The molecular weight excluding hydrogens is 273 g/mol. The van der Waals surface area contributed by atoms with E-state index in [4.69, 9.17) is 5.73 Å². The van der Waals surface area contributed by atoms with Gasteiger partial charge < -0.3 is 10.7 Å². The van der Waals surface area contributed by atoms with Crippen LogP contribution in [0.25, 0.3) is 11.0 Å². The summed E-state index contributed by atoms with van der Waals surface area (Å²) in [5.74, 6) is -0.979. The molecule has 6 heteroatoms. The summed E-state index contributed by atoms with van der Waals surface area (Å²) in [6.45, 7) is 1.81. The average Bonchev–Trinajstić information content (AvgIpc) is 2.75. The summed E-state index contributed by atoms with van der Waals surface area (Å²) >= 11 is 0. The van der Waals surface area contributed by atoms with Gasteiger partial charge in [0.05, 0.1) is 11.0 Å². The van der Waals surface area contributed by atoms with Crippen LogP contribution in [0.1, 0.15) is 15.9 Å². The number of carbonyl (C=O) groups excluding carboxylic acids is 1. The molecule has 2 aromatic carbocycles. The van der Waals surface area contributed by atoms with E-state index in [0.717, 1.165) is 10.1 Å². The minimum atomic E-state index is -0.552. The number of halogens is 1. The van der Waals surface area contributed by atoms with Crippen LogP contribution >= 0.6 is 0 Å². The maximum Gasteiger partial charge on any atom is 0.333 e. The molecule has 5 nitrogen and oxygen atoms in total. The monoisotopic (exact) mass is 285 g/mol. The van der Waals surface area contributed by atoms with E-state index in [1.54, 1.807) is 12.1 Å². The van der Waals surface area contributed by atoms with Crippen molar-refractivity contribution in [2.24, 2.45) is 0 Å². The standard InChI is InChI=1S/C15H12FN3O2/c1-8-6-12-13(7-11(8)17)19(15(21)18-12)14(20)9-2-4-10(16)5-3-9/h2-7H,17H2,1H3,(H,18,21). The minimum Gasteiger partial charge on any atom is -0.398 e. The predicted octanol–water partition coefficient (Wildman–Crippen LogP) is 2.05. The molecule has 1 aromatic heterocycles. The molecule has 0 bridgehead atoms. The second-order valence-corrected chi connectivity index (χ2v) is 4.80. The van der Waals surface area contributed by atoms with Crippen LogP contribution in [0.15, 0.2) is 41.2 Å². The summed E-state index contributed by atoms with van der Waals surface area (Å²) in [6.07, 6.45) is 0. The number of fused-ring (bicyclic) bond motifs is 1. The summed E-state index contributed by atoms with van der Waals surface area (Å²) in [5, 5.41) is 0. The fourth-order valence-corrected chi connectivity index (χ4v) is 2.20. The lowest BCUT2D eigenvalue weighted by Crippen LogP contribution is -2.24. The highest BCUT2D eigenvalue weighted by Crippen LogP contribution is 2.19. The van der Waals surface area contributed by atoms with Crippen molar-refractivity contribution in [3.05, 3.63) is 63.8 Å². The zero-order valence-electron chi connectivity index (χ0n) is 11.2. The SMILES string of the molecule is Cc1cc2[nH]c(=O)n(C(=O)c3ccc(F)cc3)c2cc1N. The Balaban J connectivity index is 2.22. The first-order valence-corrected chi connectivity index (χ1v) is 6.28. The van der Waals surface area contributed by atoms with E-state index in [9.17, 15) is 14.0 Å². The molecule has 0 aliphatic carbocycles. The van der Waals surface area contributed by atoms with Crippen LogP contribution in [-0.2, 0) is 0 Å². The summed E-state index contributed by atoms with van der Waals surface area (Å²) in [6, 6.07) is 8.29. The average molecular weight is 285 g/mol. The third kappa shape index (κ3) is 2.10. The first kappa shape index (κ1) is 13.1. The molecule has 0 unspecified atom stereocenters. The molecule has 0 saturated heterocycles. The van der Waals surface area contributed by atoms with E-state index >= 15 is 0 Å². The summed E-state index contributed by atoms with van der Waals surface area (Å²) in [7, 11) is 0. The number of benzene rings is 2. The van der Waals surface area contributed by atoms with E-state index in [0.29, 0.717) is 16.7 Å². The molecule has 0 radical (unpaired) electrons. The van der Waals surface area contributed by atoms with Crippen LogP contribution in [0.4, 0.5) is 10.1 Å². The van der Waals surface area contributed by atoms with Gasteiger partial charge in [0.25, 0.3) is 5.91 Å². The zero-order valence-corrected chi connectivity index (χ0v) is 11.2. The van der Waals surface area contributed by atoms with Gasteiger partial charge in [-0.3, -0.25) is 4.79 Å². The fourth-order valence-electron chi connectivity index (χ4n) is 2.20. The lowest BCUT2D eigenvalue weighted by atomic mass is 10.1. The van der Waals surface area contributed by atoms with E-state index in [2.05, 4.69) is 4.98 Å². The number of anilines is 1. The van der Waals surface area contributed by atoms with Gasteiger partial charge >= 0.3 is 5.69 Å². The third-order valence-electron chi connectivity index (χ3n) is 3.36. The molecule has 0 fully saturated rings. The topological polar surface area (TPSA) is 80.9 Å². The number of nitrogens with two attached hydrogens (primary N) is 1. The Labute approximate surface area is 118 Å². The Morgan fingerprint density at radius 2 is 1.90 bits per heavy atom. The number of aromatic nitrogens is 2. The number of carbonyl (C=O) groups is 1. The lowest BCUT2D eigenvalue weighted by Gasteiger charge is -2.04. The number of nitrogen functional groups attached to an aromatic ring is 1. The summed E-state index contributed by atoms with van der Waals surface area (Å²) < 4.78 is 13.9. The predicted molar refractivity (Wildman–Crippen MR) is 77.8 cm³/mol. The van der Waals surface area contributed by atoms with Crippen molar-refractivity contribution < 1.29 is 9.18 Å². The number of hydrogen-bond donors (Lipinski definition) is 2. The van der Waals surface area contributed by atoms with Crippen molar-refractivity contribution in [3.8, 4) is 0 Å². The maximum absolute atomic E-state index is 12.9. The molecule has 3 aromatic rings. The largest absolute Gasteiger partial charge is 0.398 e. The van der Waals surface area contributed by atoms with Crippen molar-refractivity contribution in [2.45, 2.75) is 6.92 Å². The van der Waals surface area contributed by atoms with Gasteiger partial charge in [0.1, 0.15) is 5.82 Å².